The van der Waals surface area contributed by atoms with Crippen LogP contribution < -0.4 is 21.3 Å². The molecule has 1 fully saturated rings. The lowest BCUT2D eigenvalue weighted by molar-refractivity contribution is 0.530. The van der Waals surface area contributed by atoms with Gasteiger partial charge in [-0.05, 0) is 25.9 Å². The van der Waals surface area contributed by atoms with Crippen LogP contribution in [0.3, 0.4) is 0 Å². The molecule has 0 spiro atoms. The molecule has 0 atom stereocenters. The molecule has 0 unspecified atom stereocenters. The summed E-state index contributed by atoms with van der Waals surface area (Å²) in [5.74, 6) is 0. The second-order valence-corrected chi connectivity index (χ2v) is 3.71. The Balaban J connectivity index is 2.00. The van der Waals surface area contributed by atoms with Gasteiger partial charge in [0.05, 0.1) is 0 Å². The largest absolute Gasteiger partial charge is 0.315 e. The third kappa shape index (κ3) is 7.26. The number of hydrogen-bond acceptors (Lipinski definition) is 4. The van der Waals surface area contributed by atoms with E-state index >= 15 is 0 Å². The smallest absolute Gasteiger partial charge is 0.00772 e. The van der Waals surface area contributed by atoms with Crippen LogP contribution in [-0.4, -0.2) is 52.4 Å². The summed E-state index contributed by atoms with van der Waals surface area (Å²) in [5.41, 5.74) is 0. The Kier molecular flexibility index (Phi) is 8.00. The molecule has 84 valence electrons. The topological polar surface area (TPSA) is 48.1 Å². The van der Waals surface area contributed by atoms with Crippen molar-refractivity contribution in [1.82, 2.24) is 21.3 Å². The minimum atomic E-state index is 1.07. The first kappa shape index (κ1) is 11.9. The highest BCUT2D eigenvalue weighted by molar-refractivity contribution is 4.58. The lowest BCUT2D eigenvalue weighted by Gasteiger charge is -2.10. The van der Waals surface area contributed by atoms with Crippen molar-refractivity contribution in [3.8, 4) is 0 Å². The molecule has 0 aliphatic carbocycles. The molecule has 0 aromatic heterocycles. The van der Waals surface area contributed by atoms with E-state index in [0.29, 0.717) is 0 Å². The molecular weight excluding hydrogens is 176 g/mol. The molecule has 1 aliphatic rings. The summed E-state index contributed by atoms with van der Waals surface area (Å²) in [7, 11) is 0. The van der Waals surface area contributed by atoms with Gasteiger partial charge in [0.1, 0.15) is 0 Å². The molecule has 1 heterocycles. The lowest BCUT2D eigenvalue weighted by Crippen LogP contribution is -2.36. The maximum atomic E-state index is 3.43. The predicted octanol–water partition coefficient (Wildman–Crippen LogP) is -0.861. The molecule has 1 aliphatic heterocycles. The summed E-state index contributed by atoms with van der Waals surface area (Å²) >= 11 is 0. The monoisotopic (exact) mass is 200 g/mol. The average molecular weight is 200 g/mol. The number of hydrogen-bond donors (Lipinski definition) is 4. The van der Waals surface area contributed by atoms with Crippen LogP contribution in [-0.2, 0) is 0 Å². The van der Waals surface area contributed by atoms with E-state index in [0.717, 1.165) is 52.4 Å². The molecule has 0 radical (unpaired) electrons. The van der Waals surface area contributed by atoms with E-state index in [4.69, 9.17) is 0 Å². The van der Waals surface area contributed by atoms with Crippen molar-refractivity contribution in [2.75, 3.05) is 52.4 Å². The Hall–Kier alpha value is -0.160. The van der Waals surface area contributed by atoms with E-state index < -0.39 is 0 Å². The van der Waals surface area contributed by atoms with Gasteiger partial charge in [-0.2, -0.15) is 0 Å². The van der Waals surface area contributed by atoms with Gasteiger partial charge in [0.2, 0.25) is 0 Å². The van der Waals surface area contributed by atoms with Gasteiger partial charge < -0.3 is 21.3 Å². The van der Waals surface area contributed by atoms with E-state index in [9.17, 15) is 0 Å². The van der Waals surface area contributed by atoms with Crippen LogP contribution in [0.4, 0.5) is 0 Å². The Morgan fingerprint density at radius 2 is 0.643 bits per heavy atom. The maximum absolute atomic E-state index is 3.43. The summed E-state index contributed by atoms with van der Waals surface area (Å²) in [5, 5.41) is 13.6. The van der Waals surface area contributed by atoms with Gasteiger partial charge in [0.15, 0.2) is 0 Å². The van der Waals surface area contributed by atoms with Gasteiger partial charge in [-0.15, -0.1) is 0 Å². The molecule has 1 saturated heterocycles. The summed E-state index contributed by atoms with van der Waals surface area (Å²) in [6, 6.07) is 0. The molecule has 1 rings (SSSR count). The van der Waals surface area contributed by atoms with Crippen LogP contribution in [0.5, 0.6) is 0 Å². The van der Waals surface area contributed by atoms with Crippen LogP contribution in [0, 0.1) is 0 Å². The first-order valence-electron chi connectivity index (χ1n) is 5.83. The normalized spacial score (nSPS) is 24.0. The molecule has 4 heteroatoms. The van der Waals surface area contributed by atoms with E-state index in [-0.39, 0.29) is 0 Å². The van der Waals surface area contributed by atoms with Crippen molar-refractivity contribution in [3.63, 3.8) is 0 Å². The highest BCUT2D eigenvalue weighted by atomic mass is 15.0. The first-order valence-corrected chi connectivity index (χ1v) is 5.83. The van der Waals surface area contributed by atoms with E-state index in [2.05, 4.69) is 21.3 Å². The quantitative estimate of drug-likeness (QED) is 0.411. The second-order valence-electron chi connectivity index (χ2n) is 3.71. The SMILES string of the molecule is C1CCNCCNCCNCCNC1. The summed E-state index contributed by atoms with van der Waals surface area (Å²) in [4.78, 5) is 0. The van der Waals surface area contributed by atoms with E-state index in [1.807, 2.05) is 0 Å². The minimum absolute atomic E-state index is 1.07. The highest BCUT2D eigenvalue weighted by Crippen LogP contribution is 1.83. The molecule has 0 aromatic carbocycles. The fourth-order valence-corrected chi connectivity index (χ4v) is 1.53. The average Bonchev–Trinajstić information content (AvgIpc) is 2.22. The van der Waals surface area contributed by atoms with Crippen LogP contribution in [0.15, 0.2) is 0 Å². The Morgan fingerprint density at radius 3 is 1.00 bits per heavy atom. The zero-order chi connectivity index (χ0) is 9.90. The third-order valence-electron chi connectivity index (χ3n) is 2.39. The third-order valence-corrected chi connectivity index (χ3v) is 2.39. The lowest BCUT2D eigenvalue weighted by atomic mass is 10.3. The molecule has 0 bridgehead atoms. The van der Waals surface area contributed by atoms with Gasteiger partial charge in [-0.25, -0.2) is 0 Å². The molecule has 4 N–H and O–H groups in total. The summed E-state index contributed by atoms with van der Waals surface area (Å²) in [6.07, 6.45) is 2.56. The van der Waals surface area contributed by atoms with Gasteiger partial charge >= 0.3 is 0 Å². The first-order chi connectivity index (χ1) is 7.00. The van der Waals surface area contributed by atoms with Crippen molar-refractivity contribution in [1.29, 1.82) is 0 Å². The Morgan fingerprint density at radius 1 is 0.357 bits per heavy atom. The van der Waals surface area contributed by atoms with Crippen molar-refractivity contribution in [2.24, 2.45) is 0 Å². The Bertz CT molecular complexity index is 65.4. The van der Waals surface area contributed by atoms with Crippen molar-refractivity contribution in [2.45, 2.75) is 12.8 Å². The van der Waals surface area contributed by atoms with E-state index in [1.54, 1.807) is 0 Å². The molecule has 0 amide bonds. The standard InChI is InChI=1S/C10H24N4/c1-2-4-12-6-8-14-10-9-13-7-5-11-3-1/h11-14H,1-10H2. The minimum Gasteiger partial charge on any atom is -0.315 e. The van der Waals surface area contributed by atoms with Crippen LogP contribution in [0.25, 0.3) is 0 Å². The fraction of sp³-hybridized carbons (Fsp3) is 1.00. The van der Waals surface area contributed by atoms with Crippen LogP contribution in [0.1, 0.15) is 12.8 Å². The molecular formula is C10H24N4. The van der Waals surface area contributed by atoms with E-state index in [1.165, 1.54) is 12.8 Å². The van der Waals surface area contributed by atoms with Crippen LogP contribution >= 0.6 is 0 Å². The van der Waals surface area contributed by atoms with Gasteiger partial charge in [0, 0.05) is 39.3 Å². The number of rotatable bonds is 0. The molecule has 0 aromatic rings. The summed E-state index contributed by atoms with van der Waals surface area (Å²) < 4.78 is 0. The van der Waals surface area contributed by atoms with Crippen molar-refractivity contribution in [3.05, 3.63) is 0 Å². The zero-order valence-corrected chi connectivity index (χ0v) is 9.07. The second kappa shape index (κ2) is 9.40. The highest BCUT2D eigenvalue weighted by Gasteiger charge is 1.93. The summed E-state index contributed by atoms with van der Waals surface area (Å²) in [6.45, 7) is 8.80. The van der Waals surface area contributed by atoms with Crippen molar-refractivity contribution >= 4 is 0 Å². The molecule has 4 nitrogen and oxygen atoms in total. The van der Waals surface area contributed by atoms with Gasteiger partial charge in [0.25, 0.3) is 0 Å². The fourth-order valence-electron chi connectivity index (χ4n) is 1.53. The zero-order valence-electron chi connectivity index (χ0n) is 9.07. The number of nitrogens with one attached hydrogen (secondary N) is 4. The molecule has 0 saturated carbocycles. The maximum Gasteiger partial charge on any atom is 0.00772 e. The van der Waals surface area contributed by atoms with Gasteiger partial charge in [-0.1, -0.05) is 0 Å². The Labute approximate surface area is 87.2 Å². The van der Waals surface area contributed by atoms with Crippen molar-refractivity contribution < 1.29 is 0 Å². The van der Waals surface area contributed by atoms with Gasteiger partial charge in [-0.3, -0.25) is 0 Å². The molecule has 14 heavy (non-hydrogen) atoms. The van der Waals surface area contributed by atoms with Crippen LogP contribution in [0.2, 0.25) is 0 Å². The predicted molar refractivity (Wildman–Crippen MR) is 60.7 cm³/mol.